The molecule has 1 aliphatic carbocycles. The number of benzene rings is 2. The SMILES string of the molecule is O=C(CN1CCNCC1)Nc1ccc2c(c1)Cc1c(-c3ccccc3)n[nH]c1-2. The van der Waals surface area contributed by atoms with Crippen molar-refractivity contribution >= 4 is 11.6 Å². The summed E-state index contributed by atoms with van der Waals surface area (Å²) in [6.07, 6.45) is 0.826. The minimum absolute atomic E-state index is 0.0463. The maximum Gasteiger partial charge on any atom is 0.238 e. The van der Waals surface area contributed by atoms with E-state index in [1.807, 2.05) is 24.3 Å². The fourth-order valence-corrected chi connectivity index (χ4v) is 4.12. The summed E-state index contributed by atoms with van der Waals surface area (Å²) in [5, 5.41) is 14.1. The Balaban J connectivity index is 1.32. The highest BCUT2D eigenvalue weighted by Crippen LogP contribution is 2.40. The topological polar surface area (TPSA) is 73.1 Å². The van der Waals surface area contributed by atoms with Crippen LogP contribution in [0.15, 0.2) is 48.5 Å². The minimum atomic E-state index is 0.0463. The van der Waals surface area contributed by atoms with Crippen LogP contribution in [-0.2, 0) is 11.2 Å². The molecule has 0 atom stereocenters. The van der Waals surface area contributed by atoms with Gasteiger partial charge in [0.15, 0.2) is 0 Å². The first-order chi connectivity index (χ1) is 13.8. The van der Waals surface area contributed by atoms with E-state index in [4.69, 9.17) is 0 Å². The molecule has 0 saturated carbocycles. The van der Waals surface area contributed by atoms with E-state index < -0.39 is 0 Å². The van der Waals surface area contributed by atoms with Gasteiger partial charge in [0, 0.05) is 55.0 Å². The van der Waals surface area contributed by atoms with E-state index >= 15 is 0 Å². The summed E-state index contributed by atoms with van der Waals surface area (Å²) in [5.74, 6) is 0.0463. The number of carbonyl (C=O) groups excluding carboxylic acids is 1. The number of amides is 1. The fraction of sp³-hybridized carbons (Fsp3) is 0.273. The third kappa shape index (κ3) is 3.21. The molecule has 1 saturated heterocycles. The van der Waals surface area contributed by atoms with Crippen LogP contribution in [0.1, 0.15) is 11.1 Å². The molecule has 28 heavy (non-hydrogen) atoms. The summed E-state index contributed by atoms with van der Waals surface area (Å²) >= 11 is 0. The van der Waals surface area contributed by atoms with Gasteiger partial charge in [-0.3, -0.25) is 14.8 Å². The molecule has 0 bridgehead atoms. The first-order valence-electron chi connectivity index (χ1n) is 9.77. The summed E-state index contributed by atoms with van der Waals surface area (Å²) in [4.78, 5) is 14.6. The quantitative estimate of drug-likeness (QED) is 0.514. The van der Waals surface area contributed by atoms with E-state index in [1.165, 1.54) is 16.7 Å². The zero-order chi connectivity index (χ0) is 18.9. The number of fused-ring (bicyclic) bond motifs is 3. The molecular formula is C22H23N5O. The molecule has 5 rings (SSSR count). The van der Waals surface area contributed by atoms with Crippen LogP contribution in [0, 0.1) is 0 Å². The number of hydrogen-bond acceptors (Lipinski definition) is 4. The smallest absolute Gasteiger partial charge is 0.238 e. The van der Waals surface area contributed by atoms with Gasteiger partial charge in [-0.1, -0.05) is 36.4 Å². The van der Waals surface area contributed by atoms with Crippen LogP contribution in [0.4, 0.5) is 5.69 Å². The van der Waals surface area contributed by atoms with Crippen molar-refractivity contribution in [1.82, 2.24) is 20.4 Å². The second kappa shape index (κ2) is 7.22. The van der Waals surface area contributed by atoms with Crippen molar-refractivity contribution < 1.29 is 4.79 Å². The standard InChI is InChI=1S/C22H23N5O/c28-20(14-27-10-8-23-9-11-27)24-17-6-7-18-16(12-17)13-19-21(25-26-22(18)19)15-4-2-1-3-5-15/h1-7,12,23H,8-11,13-14H2,(H,24,28)(H,25,26). The van der Waals surface area contributed by atoms with Gasteiger partial charge < -0.3 is 10.6 Å². The average molecular weight is 373 g/mol. The van der Waals surface area contributed by atoms with Crippen molar-refractivity contribution in [1.29, 1.82) is 0 Å². The van der Waals surface area contributed by atoms with Crippen LogP contribution in [-0.4, -0.2) is 53.7 Å². The van der Waals surface area contributed by atoms with Crippen molar-refractivity contribution in [3.63, 3.8) is 0 Å². The molecule has 2 aliphatic rings. The fourth-order valence-electron chi connectivity index (χ4n) is 4.12. The number of H-pyrrole nitrogens is 1. The predicted molar refractivity (Wildman–Crippen MR) is 110 cm³/mol. The van der Waals surface area contributed by atoms with Crippen LogP contribution in [0.25, 0.3) is 22.5 Å². The van der Waals surface area contributed by atoms with Crippen LogP contribution >= 0.6 is 0 Å². The molecule has 0 spiro atoms. The molecule has 1 amide bonds. The van der Waals surface area contributed by atoms with Crippen molar-refractivity contribution in [2.45, 2.75) is 6.42 Å². The molecule has 1 aromatic heterocycles. The third-order valence-electron chi connectivity index (χ3n) is 5.52. The van der Waals surface area contributed by atoms with Crippen LogP contribution in [0.2, 0.25) is 0 Å². The minimum Gasteiger partial charge on any atom is -0.325 e. The van der Waals surface area contributed by atoms with Gasteiger partial charge in [-0.25, -0.2) is 0 Å². The van der Waals surface area contributed by atoms with E-state index in [0.717, 1.165) is 55.2 Å². The number of nitrogens with zero attached hydrogens (tertiary/aromatic N) is 2. The third-order valence-corrected chi connectivity index (χ3v) is 5.52. The Morgan fingerprint density at radius 1 is 1.11 bits per heavy atom. The average Bonchev–Trinajstić information content (AvgIpc) is 3.28. The van der Waals surface area contributed by atoms with Gasteiger partial charge in [-0.15, -0.1) is 0 Å². The molecular weight excluding hydrogens is 350 g/mol. The van der Waals surface area contributed by atoms with E-state index in [2.05, 4.69) is 50.0 Å². The number of carbonyl (C=O) groups is 1. The zero-order valence-corrected chi connectivity index (χ0v) is 15.7. The van der Waals surface area contributed by atoms with E-state index in [0.29, 0.717) is 6.54 Å². The lowest BCUT2D eigenvalue weighted by Crippen LogP contribution is -2.46. The van der Waals surface area contributed by atoms with Crippen molar-refractivity contribution in [3.05, 3.63) is 59.7 Å². The summed E-state index contributed by atoms with van der Waals surface area (Å²) in [6.45, 7) is 4.17. The molecule has 6 nitrogen and oxygen atoms in total. The maximum atomic E-state index is 12.4. The molecule has 142 valence electrons. The van der Waals surface area contributed by atoms with Crippen LogP contribution in [0.3, 0.4) is 0 Å². The molecule has 3 N–H and O–H groups in total. The van der Waals surface area contributed by atoms with Gasteiger partial charge in [0.2, 0.25) is 5.91 Å². The Labute approximate surface area is 164 Å². The molecule has 2 aromatic carbocycles. The van der Waals surface area contributed by atoms with Gasteiger partial charge >= 0.3 is 0 Å². The Bertz CT molecular complexity index is 1010. The Hall–Kier alpha value is -2.96. The Kier molecular flexibility index (Phi) is 4.43. The zero-order valence-electron chi connectivity index (χ0n) is 15.7. The van der Waals surface area contributed by atoms with Gasteiger partial charge in [-0.05, 0) is 17.7 Å². The van der Waals surface area contributed by atoms with Crippen LogP contribution in [0.5, 0.6) is 0 Å². The van der Waals surface area contributed by atoms with Crippen LogP contribution < -0.4 is 10.6 Å². The van der Waals surface area contributed by atoms with Gasteiger partial charge in [0.1, 0.15) is 0 Å². The molecule has 0 unspecified atom stereocenters. The predicted octanol–water partition coefficient (Wildman–Crippen LogP) is 2.49. The number of nitrogens with one attached hydrogen (secondary N) is 3. The number of hydrogen-bond donors (Lipinski definition) is 3. The Morgan fingerprint density at radius 2 is 1.93 bits per heavy atom. The largest absolute Gasteiger partial charge is 0.325 e. The number of rotatable bonds is 4. The van der Waals surface area contributed by atoms with Gasteiger partial charge in [0.25, 0.3) is 0 Å². The summed E-state index contributed by atoms with van der Waals surface area (Å²) in [5.41, 5.74) is 7.70. The summed E-state index contributed by atoms with van der Waals surface area (Å²) < 4.78 is 0. The second-order valence-corrected chi connectivity index (χ2v) is 7.41. The highest BCUT2D eigenvalue weighted by molar-refractivity contribution is 5.93. The normalized spacial score (nSPS) is 15.9. The maximum absolute atomic E-state index is 12.4. The number of anilines is 1. The molecule has 1 aliphatic heterocycles. The second-order valence-electron chi connectivity index (χ2n) is 7.41. The number of aromatic nitrogens is 2. The highest BCUT2D eigenvalue weighted by Gasteiger charge is 2.25. The molecule has 3 aromatic rings. The van der Waals surface area contributed by atoms with Gasteiger partial charge in [-0.2, -0.15) is 5.10 Å². The molecule has 2 heterocycles. The van der Waals surface area contributed by atoms with E-state index in [9.17, 15) is 4.79 Å². The van der Waals surface area contributed by atoms with Crippen molar-refractivity contribution in [2.24, 2.45) is 0 Å². The molecule has 1 fully saturated rings. The van der Waals surface area contributed by atoms with E-state index in [1.54, 1.807) is 0 Å². The summed E-state index contributed by atoms with van der Waals surface area (Å²) in [6, 6.07) is 16.4. The van der Waals surface area contributed by atoms with Gasteiger partial charge in [0.05, 0.1) is 17.9 Å². The lowest BCUT2D eigenvalue weighted by molar-refractivity contribution is -0.117. The molecule has 0 radical (unpaired) electrons. The monoisotopic (exact) mass is 373 g/mol. The highest BCUT2D eigenvalue weighted by atomic mass is 16.2. The molecule has 6 heteroatoms. The summed E-state index contributed by atoms with van der Waals surface area (Å²) in [7, 11) is 0. The lowest BCUT2D eigenvalue weighted by atomic mass is 10.1. The number of piperazine rings is 1. The lowest BCUT2D eigenvalue weighted by Gasteiger charge is -2.26. The Morgan fingerprint density at radius 3 is 2.75 bits per heavy atom. The number of aromatic amines is 1. The first kappa shape index (κ1) is 17.2. The first-order valence-corrected chi connectivity index (χ1v) is 9.77. The van der Waals surface area contributed by atoms with Crippen molar-refractivity contribution in [3.8, 4) is 22.5 Å². The van der Waals surface area contributed by atoms with Crippen molar-refractivity contribution in [2.75, 3.05) is 38.0 Å². The van der Waals surface area contributed by atoms with E-state index in [-0.39, 0.29) is 5.91 Å².